The molecule has 0 spiro atoms. The first-order valence-corrected chi connectivity index (χ1v) is 10.7. The smallest absolute Gasteiger partial charge is 0.335 e. The molecule has 5 rings (SSSR count). The highest BCUT2D eigenvalue weighted by Gasteiger charge is 2.32. The van der Waals surface area contributed by atoms with Gasteiger partial charge >= 0.3 is 5.97 Å². The van der Waals surface area contributed by atoms with Gasteiger partial charge in [-0.25, -0.2) is 4.79 Å². The van der Waals surface area contributed by atoms with Gasteiger partial charge in [-0.3, -0.25) is 4.98 Å². The van der Waals surface area contributed by atoms with Crippen molar-refractivity contribution < 1.29 is 19.7 Å². The number of aromatic hydroxyl groups is 1. The Morgan fingerprint density at radius 1 is 0.970 bits per heavy atom. The summed E-state index contributed by atoms with van der Waals surface area (Å²) in [5, 5.41) is 23.5. The first-order chi connectivity index (χ1) is 16.0. The Kier molecular flexibility index (Phi) is 5.36. The molecule has 6 nitrogen and oxygen atoms in total. The Bertz CT molecular complexity index is 1360. The van der Waals surface area contributed by atoms with E-state index in [1.54, 1.807) is 36.5 Å². The van der Waals surface area contributed by atoms with E-state index in [0.29, 0.717) is 29.2 Å². The van der Waals surface area contributed by atoms with E-state index in [4.69, 9.17) is 16.3 Å². The maximum Gasteiger partial charge on any atom is 0.335 e. The quantitative estimate of drug-likeness (QED) is 0.297. The number of carboxylic acid groups (broad SMARTS) is 1. The SMILES string of the molecule is O=C(O)c1ccccc1C1c2ccc(NCc3ccccn3)cc2Oc2cc(O)c(Cl)cc21. The number of aromatic nitrogens is 1. The number of ether oxygens (including phenoxy) is 1. The Balaban J connectivity index is 1.60. The van der Waals surface area contributed by atoms with Crippen LogP contribution < -0.4 is 10.1 Å². The van der Waals surface area contributed by atoms with Gasteiger partial charge in [0.1, 0.15) is 17.2 Å². The third-order valence-corrected chi connectivity index (χ3v) is 5.94. The molecule has 0 bridgehead atoms. The number of nitrogens with zero attached hydrogens (tertiary/aromatic N) is 1. The van der Waals surface area contributed by atoms with Crippen LogP contribution in [0.4, 0.5) is 5.69 Å². The molecule has 3 aromatic carbocycles. The van der Waals surface area contributed by atoms with Gasteiger partial charge < -0.3 is 20.3 Å². The van der Waals surface area contributed by atoms with E-state index in [-0.39, 0.29) is 16.3 Å². The molecule has 0 aliphatic carbocycles. The number of pyridine rings is 1. The molecule has 1 aliphatic rings. The van der Waals surface area contributed by atoms with Crippen LogP contribution in [-0.4, -0.2) is 21.2 Å². The second kappa shape index (κ2) is 8.48. The first kappa shape index (κ1) is 20.8. The lowest BCUT2D eigenvalue weighted by atomic mass is 9.80. The van der Waals surface area contributed by atoms with Gasteiger partial charge in [0.15, 0.2) is 0 Å². The standard InChI is InChI=1S/C26H19ClN2O4/c27-21-12-20-24(13-22(21)30)33-23-11-15(29-14-16-5-3-4-10-28-16)8-9-19(23)25(20)17-6-1-2-7-18(17)26(31)32/h1-13,25,29-30H,14H2,(H,31,32). The molecule has 1 aromatic heterocycles. The summed E-state index contributed by atoms with van der Waals surface area (Å²) in [6.07, 6.45) is 1.74. The van der Waals surface area contributed by atoms with Crippen molar-refractivity contribution >= 4 is 23.3 Å². The second-order valence-corrected chi connectivity index (χ2v) is 8.10. The number of carboxylic acids is 1. The predicted molar refractivity (Wildman–Crippen MR) is 126 cm³/mol. The normalized spacial score (nSPS) is 14.0. The molecule has 0 saturated heterocycles. The molecule has 3 N–H and O–H groups in total. The summed E-state index contributed by atoms with van der Waals surface area (Å²) in [5.41, 5.74) is 4.03. The van der Waals surface area contributed by atoms with Crippen molar-refractivity contribution in [3.05, 3.63) is 112 Å². The molecule has 33 heavy (non-hydrogen) atoms. The second-order valence-electron chi connectivity index (χ2n) is 7.70. The van der Waals surface area contributed by atoms with Gasteiger partial charge in [0.05, 0.1) is 22.8 Å². The van der Waals surface area contributed by atoms with Crippen LogP contribution in [0.2, 0.25) is 5.02 Å². The van der Waals surface area contributed by atoms with Crippen LogP contribution in [0.15, 0.2) is 79.0 Å². The highest BCUT2D eigenvalue weighted by atomic mass is 35.5. The Morgan fingerprint density at radius 2 is 1.76 bits per heavy atom. The summed E-state index contributed by atoms with van der Waals surface area (Å²) in [4.78, 5) is 16.3. The highest BCUT2D eigenvalue weighted by molar-refractivity contribution is 6.32. The molecule has 0 saturated carbocycles. The van der Waals surface area contributed by atoms with Crippen molar-refractivity contribution in [1.82, 2.24) is 4.98 Å². The lowest BCUT2D eigenvalue weighted by Gasteiger charge is -2.30. The summed E-state index contributed by atoms with van der Waals surface area (Å²) in [5.74, 6) is -0.553. The minimum absolute atomic E-state index is 0.103. The lowest BCUT2D eigenvalue weighted by molar-refractivity contribution is 0.0695. The van der Waals surface area contributed by atoms with Gasteiger partial charge in [0.2, 0.25) is 0 Å². The average molecular weight is 459 g/mol. The molecule has 1 unspecified atom stereocenters. The van der Waals surface area contributed by atoms with Crippen LogP contribution in [0, 0.1) is 0 Å². The van der Waals surface area contributed by atoms with Gasteiger partial charge in [-0.15, -0.1) is 0 Å². The van der Waals surface area contributed by atoms with Crippen molar-refractivity contribution in [2.24, 2.45) is 0 Å². The topological polar surface area (TPSA) is 91.7 Å². The Labute approximate surface area is 195 Å². The summed E-state index contributed by atoms with van der Waals surface area (Å²) >= 11 is 6.21. The molecule has 1 aliphatic heterocycles. The zero-order chi connectivity index (χ0) is 22.9. The molecule has 0 amide bonds. The first-order valence-electron chi connectivity index (χ1n) is 10.3. The number of nitrogens with one attached hydrogen (secondary N) is 1. The predicted octanol–water partition coefficient (Wildman–Crippen LogP) is 6.04. The number of aromatic carboxylic acids is 1. The van der Waals surface area contributed by atoms with Crippen LogP contribution in [-0.2, 0) is 6.54 Å². The number of phenolic OH excluding ortho intramolecular Hbond substituents is 1. The van der Waals surface area contributed by atoms with E-state index in [1.807, 2.05) is 36.4 Å². The third kappa shape index (κ3) is 3.97. The number of phenols is 1. The maximum absolute atomic E-state index is 12.0. The third-order valence-electron chi connectivity index (χ3n) is 5.64. The van der Waals surface area contributed by atoms with Crippen LogP contribution in [0.3, 0.4) is 0 Å². The minimum atomic E-state index is -1.02. The Morgan fingerprint density at radius 3 is 2.55 bits per heavy atom. The van der Waals surface area contributed by atoms with Crippen LogP contribution >= 0.6 is 11.6 Å². The fraction of sp³-hybridized carbons (Fsp3) is 0.0769. The zero-order valence-corrected chi connectivity index (χ0v) is 18.1. The summed E-state index contributed by atoms with van der Waals surface area (Å²) in [6, 6.07) is 21.4. The number of hydrogen-bond donors (Lipinski definition) is 3. The fourth-order valence-corrected chi connectivity index (χ4v) is 4.28. The molecule has 7 heteroatoms. The van der Waals surface area contributed by atoms with Crippen LogP contribution in [0.25, 0.3) is 0 Å². The molecule has 4 aromatic rings. The van der Waals surface area contributed by atoms with E-state index in [1.165, 1.54) is 6.07 Å². The van der Waals surface area contributed by atoms with Gasteiger partial charge in [-0.2, -0.15) is 0 Å². The van der Waals surface area contributed by atoms with E-state index in [9.17, 15) is 15.0 Å². The van der Waals surface area contributed by atoms with Crippen LogP contribution in [0.5, 0.6) is 17.2 Å². The molecule has 2 heterocycles. The minimum Gasteiger partial charge on any atom is -0.506 e. The van der Waals surface area contributed by atoms with Gasteiger partial charge in [0, 0.05) is 41.1 Å². The van der Waals surface area contributed by atoms with Crippen molar-refractivity contribution in [3.63, 3.8) is 0 Å². The number of benzene rings is 3. The molecular formula is C26H19ClN2O4. The zero-order valence-electron chi connectivity index (χ0n) is 17.3. The van der Waals surface area contributed by atoms with Gasteiger partial charge in [-0.05, 0) is 35.9 Å². The Hall–Kier alpha value is -4.03. The molecule has 1 atom stereocenters. The van der Waals surface area contributed by atoms with Crippen molar-refractivity contribution in [2.75, 3.05) is 5.32 Å². The monoisotopic (exact) mass is 458 g/mol. The maximum atomic E-state index is 12.0. The number of anilines is 1. The molecule has 164 valence electrons. The molecule has 0 fully saturated rings. The number of hydrogen-bond acceptors (Lipinski definition) is 5. The number of fused-ring (bicyclic) bond motifs is 2. The molecule has 0 radical (unpaired) electrons. The average Bonchev–Trinajstić information content (AvgIpc) is 2.83. The van der Waals surface area contributed by atoms with Crippen LogP contribution in [0.1, 0.15) is 38.7 Å². The van der Waals surface area contributed by atoms with Crippen molar-refractivity contribution in [3.8, 4) is 17.2 Å². The summed E-state index contributed by atoms with van der Waals surface area (Å²) < 4.78 is 6.14. The molecular weight excluding hydrogens is 440 g/mol. The van der Waals surface area contributed by atoms with E-state index >= 15 is 0 Å². The lowest BCUT2D eigenvalue weighted by Crippen LogP contribution is -2.15. The number of rotatable bonds is 5. The summed E-state index contributed by atoms with van der Waals surface area (Å²) in [6.45, 7) is 0.540. The van der Waals surface area contributed by atoms with E-state index in [0.717, 1.165) is 16.9 Å². The van der Waals surface area contributed by atoms with Gasteiger partial charge in [-0.1, -0.05) is 41.9 Å². The largest absolute Gasteiger partial charge is 0.506 e. The number of halogens is 1. The van der Waals surface area contributed by atoms with Crippen molar-refractivity contribution in [2.45, 2.75) is 12.5 Å². The van der Waals surface area contributed by atoms with E-state index in [2.05, 4.69) is 10.3 Å². The highest BCUT2D eigenvalue weighted by Crippen LogP contribution is 2.50. The fourth-order valence-electron chi connectivity index (χ4n) is 4.10. The van der Waals surface area contributed by atoms with Gasteiger partial charge in [0.25, 0.3) is 0 Å². The van der Waals surface area contributed by atoms with Crippen molar-refractivity contribution in [1.29, 1.82) is 0 Å². The summed E-state index contributed by atoms with van der Waals surface area (Å²) in [7, 11) is 0. The van der Waals surface area contributed by atoms with E-state index < -0.39 is 11.9 Å². The number of carbonyl (C=O) groups is 1.